The second kappa shape index (κ2) is 15.4. The molecule has 0 unspecified atom stereocenters. The van der Waals surface area contributed by atoms with Crippen LogP contribution in [0.5, 0.6) is 17.2 Å². The summed E-state index contributed by atoms with van der Waals surface area (Å²) < 4.78 is 71.8. The number of rotatable bonds is 15. The third-order valence-corrected chi connectivity index (χ3v) is 13.4. The molecule has 0 amide bonds. The van der Waals surface area contributed by atoms with Crippen LogP contribution >= 0.6 is 0 Å². The maximum atomic E-state index is 14.3. The van der Waals surface area contributed by atoms with Gasteiger partial charge in [-0.25, -0.2) is 22.0 Å². The maximum Gasteiger partial charge on any atom is 0.240 e. The zero-order valence-corrected chi connectivity index (χ0v) is 32.2. The molecule has 0 aliphatic heterocycles. The average molecular weight is 750 g/mol. The molecule has 0 fully saturated rings. The molecule has 0 radical (unpaired) electrons. The number of hydrogen-bond donors (Lipinski definition) is 1. The Morgan fingerprint density at radius 1 is 0.725 bits per heavy atom. The number of benzene rings is 4. The fraction of sp³-hybridized carbons (Fsp3) is 0.306. The minimum Gasteiger partial charge on any atom is -0.497 e. The molecule has 0 spiro atoms. The van der Waals surface area contributed by atoms with Gasteiger partial charge in [0.15, 0.2) is 9.84 Å². The van der Waals surface area contributed by atoms with Gasteiger partial charge in [-0.05, 0) is 94.4 Å². The average Bonchev–Trinajstić information content (AvgIpc) is 3.56. The van der Waals surface area contributed by atoms with E-state index in [9.17, 15) is 16.8 Å². The largest absolute Gasteiger partial charge is 0.497 e. The van der Waals surface area contributed by atoms with Crippen molar-refractivity contribution in [3.63, 3.8) is 0 Å². The Morgan fingerprint density at radius 2 is 1.22 bits per heavy atom. The molecule has 1 aromatic heterocycles. The lowest BCUT2D eigenvalue weighted by Crippen LogP contribution is -2.26. The van der Waals surface area contributed by atoms with Crippen LogP contribution in [0.2, 0.25) is 25.7 Å². The van der Waals surface area contributed by atoms with Crippen molar-refractivity contribution >= 4 is 27.9 Å². The normalized spacial score (nSPS) is 12.1. The fourth-order valence-corrected chi connectivity index (χ4v) is 11.6. The van der Waals surface area contributed by atoms with Crippen LogP contribution in [0.4, 0.5) is 0 Å². The summed E-state index contributed by atoms with van der Waals surface area (Å²) in [5, 5.41) is 19.1. The summed E-state index contributed by atoms with van der Waals surface area (Å²) in [6.07, 6.45) is 0.472. The summed E-state index contributed by atoms with van der Waals surface area (Å²) in [7, 11) is -5.97. The first-order valence-electron chi connectivity index (χ1n) is 16.2. The highest BCUT2D eigenvalue weighted by Crippen LogP contribution is 2.39. The predicted molar refractivity (Wildman–Crippen MR) is 199 cm³/mol. The van der Waals surface area contributed by atoms with E-state index < -0.39 is 32.8 Å². The van der Waals surface area contributed by atoms with Crippen molar-refractivity contribution in [3.8, 4) is 28.6 Å². The van der Waals surface area contributed by atoms with Gasteiger partial charge >= 0.3 is 0 Å². The Labute approximate surface area is 300 Å². The molecule has 0 saturated heterocycles. The van der Waals surface area contributed by atoms with Crippen molar-refractivity contribution in [2.45, 2.75) is 54.9 Å². The number of hydrogen-bond acceptors (Lipinski definition) is 10. The molecular formula is C36H43N5O7S2Si. The Morgan fingerprint density at radius 3 is 1.69 bits per heavy atom. The quantitative estimate of drug-likeness (QED) is 0.138. The van der Waals surface area contributed by atoms with Gasteiger partial charge in [0.05, 0.1) is 38.5 Å². The van der Waals surface area contributed by atoms with Crippen molar-refractivity contribution in [1.29, 1.82) is 0 Å². The minimum atomic E-state index is -4.67. The van der Waals surface area contributed by atoms with Crippen LogP contribution in [0.1, 0.15) is 27.8 Å². The number of tetrazole rings is 1. The molecule has 0 bridgehead atoms. The number of sulfonamides is 1. The lowest BCUT2D eigenvalue weighted by molar-refractivity contribution is 0.414. The van der Waals surface area contributed by atoms with Crippen molar-refractivity contribution in [2.75, 3.05) is 27.1 Å². The van der Waals surface area contributed by atoms with E-state index in [1.165, 1.54) is 10.9 Å². The second-order valence-corrected chi connectivity index (χ2v) is 22.6. The van der Waals surface area contributed by atoms with E-state index in [1.807, 2.05) is 48.5 Å². The SMILES string of the molecule is COc1ccc(Cc2cc(S(=O)(=O)CC[Si](C)(C)C)c(S(N)(=O)=O)c(-c3nnn(Cc4ccc(OC)cc4)n3)c2Cc2ccc(OC)cc2)cc1. The zero-order chi connectivity index (χ0) is 37.0. The standard InChI is InChI=1S/C36H43N5O7S2Si/c1-46-29-13-7-25(8-14-29)21-28-23-33(49(42,43)19-20-51(4,5)6)35(50(37,44)45)34(32(28)22-26-9-15-30(47-2)16-10-26)36-38-40-41(39-36)24-27-11-17-31(48-3)18-12-27/h7-18,23H,19-22,24H2,1-6H3,(H2,37,44,45). The van der Waals surface area contributed by atoms with Crippen LogP contribution in [0, 0.1) is 0 Å². The number of methoxy groups -OCH3 is 3. The number of ether oxygens (including phenoxy) is 3. The van der Waals surface area contributed by atoms with Gasteiger partial charge in [0.2, 0.25) is 15.8 Å². The molecule has 15 heteroatoms. The van der Waals surface area contributed by atoms with Crippen molar-refractivity contribution in [1.82, 2.24) is 20.2 Å². The van der Waals surface area contributed by atoms with Gasteiger partial charge in [0, 0.05) is 13.6 Å². The molecule has 2 N–H and O–H groups in total. The highest BCUT2D eigenvalue weighted by Gasteiger charge is 2.34. The Bertz CT molecular complexity index is 2200. The first-order chi connectivity index (χ1) is 24.1. The fourth-order valence-electron chi connectivity index (χ4n) is 5.61. The van der Waals surface area contributed by atoms with E-state index in [0.717, 1.165) is 16.7 Å². The molecule has 0 saturated carbocycles. The summed E-state index contributed by atoms with van der Waals surface area (Å²) in [6, 6.07) is 23.9. The number of primary sulfonamides is 1. The minimum absolute atomic E-state index is 0.00638. The third kappa shape index (κ3) is 9.41. The molecular weight excluding hydrogens is 707 g/mol. The summed E-state index contributed by atoms with van der Waals surface area (Å²) in [5.41, 5.74) is 3.60. The number of nitrogens with zero attached hydrogens (tertiary/aromatic N) is 4. The highest BCUT2D eigenvalue weighted by atomic mass is 32.2. The van der Waals surface area contributed by atoms with Crippen LogP contribution in [0.15, 0.2) is 88.7 Å². The van der Waals surface area contributed by atoms with E-state index in [0.29, 0.717) is 34.4 Å². The van der Waals surface area contributed by atoms with Gasteiger partial charge in [-0.3, -0.25) is 0 Å². The van der Waals surface area contributed by atoms with Gasteiger partial charge in [-0.2, -0.15) is 4.80 Å². The number of aromatic nitrogens is 4. The molecule has 0 aliphatic carbocycles. The molecule has 1 heterocycles. The van der Waals surface area contributed by atoms with E-state index >= 15 is 0 Å². The number of nitrogens with two attached hydrogens (primary N) is 1. The summed E-state index contributed by atoms with van der Waals surface area (Å²) in [6.45, 7) is 6.40. The maximum absolute atomic E-state index is 14.3. The van der Waals surface area contributed by atoms with Gasteiger partial charge in [0.1, 0.15) is 22.1 Å². The monoisotopic (exact) mass is 749 g/mol. The second-order valence-electron chi connectivity index (χ2n) is 13.4. The third-order valence-electron chi connectivity index (χ3n) is 8.44. The predicted octanol–water partition coefficient (Wildman–Crippen LogP) is 5.36. The first kappa shape index (κ1) is 37.7. The Hall–Kier alpha value is -4.57. The van der Waals surface area contributed by atoms with Crippen LogP contribution < -0.4 is 19.3 Å². The van der Waals surface area contributed by atoms with Gasteiger partial charge in [-0.1, -0.05) is 56.0 Å². The molecule has 51 heavy (non-hydrogen) atoms. The molecule has 0 aliphatic rings. The zero-order valence-electron chi connectivity index (χ0n) is 29.6. The Balaban J connectivity index is 1.79. The van der Waals surface area contributed by atoms with Crippen molar-refractivity contribution in [2.24, 2.45) is 5.14 Å². The first-order valence-corrected chi connectivity index (χ1v) is 23.1. The van der Waals surface area contributed by atoms with E-state index in [4.69, 9.17) is 19.3 Å². The van der Waals surface area contributed by atoms with Crippen LogP contribution in [0.3, 0.4) is 0 Å². The molecule has 4 aromatic carbocycles. The lowest BCUT2D eigenvalue weighted by Gasteiger charge is -2.22. The van der Waals surface area contributed by atoms with E-state index in [-0.39, 0.29) is 41.4 Å². The van der Waals surface area contributed by atoms with Crippen molar-refractivity contribution < 1.29 is 31.0 Å². The van der Waals surface area contributed by atoms with Gasteiger partial charge in [-0.15, -0.1) is 10.2 Å². The molecule has 0 atom stereocenters. The van der Waals surface area contributed by atoms with Crippen LogP contribution in [0.25, 0.3) is 11.4 Å². The molecule has 12 nitrogen and oxygen atoms in total. The van der Waals surface area contributed by atoms with Gasteiger partial charge in [0.25, 0.3) is 0 Å². The number of sulfone groups is 1. The molecule has 5 rings (SSSR count). The van der Waals surface area contributed by atoms with E-state index in [1.54, 1.807) is 45.6 Å². The molecule has 270 valence electrons. The van der Waals surface area contributed by atoms with E-state index in [2.05, 4.69) is 35.1 Å². The summed E-state index contributed by atoms with van der Waals surface area (Å²) >= 11 is 0. The summed E-state index contributed by atoms with van der Waals surface area (Å²) in [4.78, 5) is 0.423. The molecule has 5 aromatic rings. The van der Waals surface area contributed by atoms with Crippen LogP contribution in [-0.4, -0.2) is 72.2 Å². The highest BCUT2D eigenvalue weighted by molar-refractivity contribution is 7.93. The lowest BCUT2D eigenvalue weighted by atomic mass is 9.90. The Kier molecular flexibility index (Phi) is 11.3. The topological polar surface area (TPSA) is 166 Å². The smallest absolute Gasteiger partial charge is 0.240 e. The summed E-state index contributed by atoms with van der Waals surface area (Å²) in [5.74, 6) is 1.70. The van der Waals surface area contributed by atoms with Gasteiger partial charge < -0.3 is 14.2 Å². The van der Waals surface area contributed by atoms with Crippen molar-refractivity contribution in [3.05, 3.63) is 107 Å². The van der Waals surface area contributed by atoms with Crippen LogP contribution in [-0.2, 0) is 39.2 Å².